The van der Waals surface area contributed by atoms with Gasteiger partial charge in [-0.3, -0.25) is 0 Å². The minimum Gasteiger partial charge on any atom is -0.212 e. The van der Waals surface area contributed by atoms with E-state index in [0.717, 1.165) is 25.7 Å². The summed E-state index contributed by atoms with van der Waals surface area (Å²) in [7, 11) is -3.16. The number of hydrogen-bond donors (Lipinski definition) is 0. The molecule has 5 nitrogen and oxygen atoms in total. The molecule has 18 heavy (non-hydrogen) atoms. The van der Waals surface area contributed by atoms with Gasteiger partial charge >= 0.3 is 0 Å². The van der Waals surface area contributed by atoms with Gasteiger partial charge < -0.3 is 0 Å². The van der Waals surface area contributed by atoms with Crippen LogP contribution >= 0.6 is 0 Å². The van der Waals surface area contributed by atoms with Crippen molar-refractivity contribution in [3.63, 3.8) is 0 Å². The van der Waals surface area contributed by atoms with Gasteiger partial charge in [-0.25, -0.2) is 18.2 Å². The Morgan fingerprint density at radius 2 is 1.89 bits per heavy atom. The zero-order chi connectivity index (χ0) is 13.2. The lowest BCUT2D eigenvalue weighted by molar-refractivity contribution is 0.245. The second-order valence-electron chi connectivity index (χ2n) is 5.31. The maximum Gasteiger partial charge on any atom is 0.235 e. The highest BCUT2D eigenvalue weighted by Gasteiger charge is 2.39. The van der Waals surface area contributed by atoms with Crippen molar-refractivity contribution in [1.29, 1.82) is 0 Å². The largest absolute Gasteiger partial charge is 0.235 e. The first-order valence-corrected chi connectivity index (χ1v) is 8.13. The Hall–Kier alpha value is -0.710. The summed E-state index contributed by atoms with van der Waals surface area (Å²) in [6, 6.07) is -0.126. The summed E-state index contributed by atoms with van der Waals surface area (Å²) in [4.78, 5) is 14.0. The highest BCUT2D eigenvalue weighted by Crippen LogP contribution is 2.31. The molecule has 2 rings (SSSR count). The average molecular weight is 272 g/mol. The first-order chi connectivity index (χ1) is 8.55. The first kappa shape index (κ1) is 13.7. The van der Waals surface area contributed by atoms with E-state index >= 15 is 0 Å². The van der Waals surface area contributed by atoms with Gasteiger partial charge in [-0.1, -0.05) is 12.8 Å². The molecule has 1 saturated heterocycles. The van der Waals surface area contributed by atoms with Crippen molar-refractivity contribution in [1.82, 2.24) is 4.31 Å². The van der Waals surface area contributed by atoms with Crippen LogP contribution in [0.25, 0.3) is 0 Å². The quantitative estimate of drug-likeness (QED) is 0.577. The van der Waals surface area contributed by atoms with Crippen molar-refractivity contribution < 1.29 is 13.2 Å². The van der Waals surface area contributed by atoms with Crippen LogP contribution in [0.3, 0.4) is 0 Å². The maximum atomic E-state index is 12.5. The fourth-order valence-corrected chi connectivity index (χ4v) is 5.33. The molecule has 2 unspecified atom stereocenters. The Kier molecular flexibility index (Phi) is 4.20. The fraction of sp³-hybridized carbons (Fsp3) is 0.917. The fourth-order valence-electron chi connectivity index (χ4n) is 3.07. The molecule has 6 heteroatoms. The molecule has 0 amide bonds. The van der Waals surface area contributed by atoms with E-state index in [0.29, 0.717) is 19.4 Å². The number of nitrogens with zero attached hydrogens (tertiary/aromatic N) is 2. The molecule has 2 atom stereocenters. The van der Waals surface area contributed by atoms with Crippen LogP contribution in [0.1, 0.15) is 45.4 Å². The Morgan fingerprint density at radius 3 is 2.44 bits per heavy atom. The van der Waals surface area contributed by atoms with Gasteiger partial charge in [-0.05, 0) is 32.6 Å². The van der Waals surface area contributed by atoms with Gasteiger partial charge in [0.15, 0.2) is 0 Å². The van der Waals surface area contributed by atoms with Crippen molar-refractivity contribution in [2.75, 3.05) is 6.54 Å². The van der Waals surface area contributed by atoms with Crippen molar-refractivity contribution in [2.24, 2.45) is 4.99 Å². The van der Waals surface area contributed by atoms with Gasteiger partial charge in [0.1, 0.15) is 0 Å². The third-order valence-corrected chi connectivity index (χ3v) is 6.58. The van der Waals surface area contributed by atoms with E-state index in [2.05, 4.69) is 4.99 Å². The van der Waals surface area contributed by atoms with Crippen LogP contribution in [0, 0.1) is 0 Å². The smallest absolute Gasteiger partial charge is 0.212 e. The lowest BCUT2D eigenvalue weighted by Gasteiger charge is -2.36. The van der Waals surface area contributed by atoms with Crippen LogP contribution in [-0.4, -0.2) is 42.7 Å². The van der Waals surface area contributed by atoms with E-state index in [1.54, 1.807) is 10.4 Å². The Balaban J connectivity index is 2.07. The second-order valence-corrected chi connectivity index (χ2v) is 7.48. The molecule has 0 N–H and O–H groups in total. The molecular weight excluding hydrogens is 252 g/mol. The molecule has 1 aliphatic carbocycles. The third kappa shape index (κ3) is 2.66. The van der Waals surface area contributed by atoms with E-state index in [4.69, 9.17) is 0 Å². The van der Waals surface area contributed by atoms with Crippen molar-refractivity contribution in [3.05, 3.63) is 0 Å². The highest BCUT2D eigenvalue weighted by atomic mass is 32.2. The Bertz CT molecular complexity index is 436. The number of aliphatic imine (C=N–C) groups is 1. The number of isocyanates is 1. The van der Waals surface area contributed by atoms with Gasteiger partial charge in [0, 0.05) is 12.6 Å². The lowest BCUT2D eigenvalue weighted by Crippen LogP contribution is -2.48. The molecule has 1 heterocycles. The molecule has 2 fully saturated rings. The third-order valence-electron chi connectivity index (χ3n) is 4.07. The van der Waals surface area contributed by atoms with E-state index < -0.39 is 10.0 Å². The van der Waals surface area contributed by atoms with E-state index in [1.165, 1.54) is 0 Å². The summed E-state index contributed by atoms with van der Waals surface area (Å²) < 4.78 is 26.6. The summed E-state index contributed by atoms with van der Waals surface area (Å²) >= 11 is 0. The van der Waals surface area contributed by atoms with Crippen molar-refractivity contribution in [3.8, 4) is 0 Å². The molecule has 0 aromatic rings. The number of hydrogen-bond acceptors (Lipinski definition) is 4. The first-order valence-electron chi connectivity index (χ1n) is 6.63. The normalized spacial score (nSPS) is 31.2. The second kappa shape index (κ2) is 5.51. The van der Waals surface area contributed by atoms with Gasteiger partial charge in [0.05, 0.1) is 11.3 Å². The lowest BCUT2D eigenvalue weighted by atomic mass is 10.0. The SMILES string of the molecule is CC1CC(N=C=O)CCN1S(=O)(=O)C1CCCC1. The van der Waals surface area contributed by atoms with Gasteiger partial charge in [0.2, 0.25) is 16.1 Å². The molecule has 0 bridgehead atoms. The van der Waals surface area contributed by atoms with Crippen LogP contribution in [0.4, 0.5) is 0 Å². The van der Waals surface area contributed by atoms with E-state index in [1.807, 2.05) is 6.92 Å². The predicted octanol–water partition coefficient (Wildman–Crippen LogP) is 1.45. The monoisotopic (exact) mass is 272 g/mol. The van der Waals surface area contributed by atoms with Crippen LogP contribution < -0.4 is 0 Å². The molecule has 0 radical (unpaired) electrons. The molecule has 0 aromatic carbocycles. The molecular formula is C12H20N2O3S. The van der Waals surface area contributed by atoms with Gasteiger partial charge in [-0.2, -0.15) is 4.31 Å². The maximum absolute atomic E-state index is 12.5. The topological polar surface area (TPSA) is 66.8 Å². The van der Waals surface area contributed by atoms with Crippen LogP contribution in [0.15, 0.2) is 4.99 Å². The van der Waals surface area contributed by atoms with Gasteiger partial charge in [-0.15, -0.1) is 0 Å². The summed E-state index contributed by atoms with van der Waals surface area (Å²) in [5.74, 6) is 0. The number of piperidine rings is 1. The summed E-state index contributed by atoms with van der Waals surface area (Å²) in [5, 5.41) is -0.189. The summed E-state index contributed by atoms with van der Waals surface area (Å²) in [5.41, 5.74) is 0. The van der Waals surface area contributed by atoms with Gasteiger partial charge in [0.25, 0.3) is 0 Å². The summed E-state index contributed by atoms with van der Waals surface area (Å²) in [6.07, 6.45) is 6.45. The Morgan fingerprint density at radius 1 is 1.22 bits per heavy atom. The molecule has 1 aliphatic heterocycles. The van der Waals surface area contributed by atoms with E-state index in [9.17, 15) is 13.2 Å². The van der Waals surface area contributed by atoms with Crippen molar-refractivity contribution >= 4 is 16.1 Å². The molecule has 1 saturated carbocycles. The predicted molar refractivity (Wildman–Crippen MR) is 68.5 cm³/mol. The summed E-state index contributed by atoms with van der Waals surface area (Å²) in [6.45, 7) is 2.38. The molecule has 0 spiro atoms. The average Bonchev–Trinajstić information content (AvgIpc) is 2.83. The number of sulfonamides is 1. The molecule has 0 aromatic heterocycles. The highest BCUT2D eigenvalue weighted by molar-refractivity contribution is 7.89. The minimum atomic E-state index is -3.16. The zero-order valence-electron chi connectivity index (χ0n) is 10.7. The van der Waals surface area contributed by atoms with Crippen molar-refractivity contribution in [2.45, 2.75) is 62.8 Å². The standard InChI is InChI=1S/C12H20N2O3S/c1-10-8-11(13-9-15)6-7-14(10)18(16,17)12-4-2-3-5-12/h10-12H,2-8H2,1H3. The molecule has 2 aliphatic rings. The van der Waals surface area contributed by atoms with Crippen LogP contribution in [-0.2, 0) is 14.8 Å². The van der Waals surface area contributed by atoms with E-state index in [-0.39, 0.29) is 17.3 Å². The minimum absolute atomic E-state index is 0.0625. The number of carbonyl (C=O) groups excluding carboxylic acids is 1. The van der Waals surface area contributed by atoms with Crippen LogP contribution in [0.5, 0.6) is 0 Å². The molecule has 102 valence electrons. The van der Waals surface area contributed by atoms with Crippen LogP contribution in [0.2, 0.25) is 0 Å². The Labute approximate surface area is 108 Å². The number of rotatable bonds is 3. The zero-order valence-corrected chi connectivity index (χ0v) is 11.5.